The third-order valence-electron chi connectivity index (χ3n) is 3.26. The summed E-state index contributed by atoms with van der Waals surface area (Å²) in [6.45, 7) is 0. The maximum Gasteiger partial charge on any atom is 0.198 e. The van der Waals surface area contributed by atoms with Crippen LogP contribution in [0.1, 0.15) is 5.56 Å². The second-order valence-electron chi connectivity index (χ2n) is 4.65. The van der Waals surface area contributed by atoms with E-state index < -0.39 is 11.6 Å². The number of aromatic hydroxyl groups is 1. The average Bonchev–Trinajstić information content (AvgIpc) is 2.80. The van der Waals surface area contributed by atoms with Crippen LogP contribution in [0.5, 0.6) is 11.6 Å². The summed E-state index contributed by atoms with van der Waals surface area (Å²) < 4.78 is 31.7. The zero-order valence-corrected chi connectivity index (χ0v) is 11.6. The second kappa shape index (κ2) is 5.48. The molecular weight excluding hydrogens is 290 g/mol. The summed E-state index contributed by atoms with van der Waals surface area (Å²) >= 11 is 0. The first-order chi connectivity index (χ1) is 10.6. The number of H-pyrrole nitrogens is 1. The molecule has 0 bridgehead atoms. The number of hydrogen-bond acceptors (Lipinski definition) is 3. The van der Waals surface area contributed by atoms with E-state index in [0.29, 0.717) is 22.2 Å². The summed E-state index contributed by atoms with van der Waals surface area (Å²) in [6.07, 6.45) is 1.36. The molecule has 1 aromatic heterocycles. The van der Waals surface area contributed by atoms with Crippen LogP contribution in [0.25, 0.3) is 10.9 Å². The first-order valence-electron chi connectivity index (χ1n) is 6.46. The molecule has 1 heterocycles. The quantitative estimate of drug-likeness (QED) is 0.721. The smallest absolute Gasteiger partial charge is 0.198 e. The second-order valence-corrected chi connectivity index (χ2v) is 4.65. The van der Waals surface area contributed by atoms with Crippen LogP contribution in [-0.4, -0.2) is 23.4 Å². The molecule has 2 aromatic carbocycles. The molecule has 2 N–H and O–H groups in total. The molecule has 3 rings (SSSR count). The predicted molar refractivity (Wildman–Crippen MR) is 80.1 cm³/mol. The van der Waals surface area contributed by atoms with E-state index in [1.54, 1.807) is 6.07 Å². The Balaban J connectivity index is 2.00. The topological polar surface area (TPSA) is 57.6 Å². The molecule has 0 aliphatic carbocycles. The van der Waals surface area contributed by atoms with Crippen molar-refractivity contribution in [2.24, 2.45) is 4.99 Å². The Morgan fingerprint density at radius 3 is 2.73 bits per heavy atom. The normalized spacial score (nSPS) is 11.4. The van der Waals surface area contributed by atoms with E-state index in [0.717, 1.165) is 0 Å². The Morgan fingerprint density at radius 2 is 2.00 bits per heavy atom. The SMILES string of the molecule is COc1ccc(N=Cc2c(O)[nH]c3ccc(F)cc23)cc1F. The summed E-state index contributed by atoms with van der Waals surface area (Å²) in [6, 6.07) is 8.35. The zero-order valence-electron chi connectivity index (χ0n) is 11.6. The first kappa shape index (κ1) is 14.1. The number of nitrogens with zero attached hydrogens (tertiary/aromatic N) is 1. The van der Waals surface area contributed by atoms with E-state index in [2.05, 4.69) is 9.98 Å². The molecular formula is C16H12F2N2O2. The minimum Gasteiger partial charge on any atom is -0.494 e. The van der Waals surface area contributed by atoms with Crippen LogP contribution in [0.3, 0.4) is 0 Å². The van der Waals surface area contributed by atoms with Crippen LogP contribution in [0, 0.1) is 11.6 Å². The number of hydrogen-bond donors (Lipinski definition) is 2. The van der Waals surface area contributed by atoms with Crippen LogP contribution >= 0.6 is 0 Å². The standard InChI is InChI=1S/C16H12F2N2O2/c1-22-15-5-3-10(7-13(15)18)19-8-12-11-6-9(17)2-4-14(11)20-16(12)21/h2-8,20-21H,1H3. The van der Waals surface area contributed by atoms with Crippen molar-refractivity contribution in [1.29, 1.82) is 0 Å². The fraction of sp³-hybridized carbons (Fsp3) is 0.0625. The van der Waals surface area contributed by atoms with Crippen molar-refractivity contribution in [3.05, 3.63) is 53.6 Å². The van der Waals surface area contributed by atoms with Gasteiger partial charge in [0.15, 0.2) is 17.4 Å². The Kier molecular flexibility index (Phi) is 3.50. The number of fused-ring (bicyclic) bond motifs is 1. The third-order valence-corrected chi connectivity index (χ3v) is 3.26. The van der Waals surface area contributed by atoms with Gasteiger partial charge >= 0.3 is 0 Å². The monoisotopic (exact) mass is 302 g/mol. The minimum atomic E-state index is -0.536. The largest absolute Gasteiger partial charge is 0.494 e. The van der Waals surface area contributed by atoms with Crippen molar-refractivity contribution in [2.75, 3.05) is 7.11 Å². The molecule has 0 atom stereocenters. The lowest BCUT2D eigenvalue weighted by Gasteiger charge is -2.01. The van der Waals surface area contributed by atoms with Gasteiger partial charge in [0.2, 0.25) is 0 Å². The molecule has 0 saturated carbocycles. The highest BCUT2D eigenvalue weighted by atomic mass is 19.1. The molecule has 0 fully saturated rings. The van der Waals surface area contributed by atoms with Gasteiger partial charge in [-0.15, -0.1) is 0 Å². The van der Waals surface area contributed by atoms with Crippen molar-refractivity contribution >= 4 is 22.8 Å². The van der Waals surface area contributed by atoms with Gasteiger partial charge in [-0.05, 0) is 30.3 Å². The lowest BCUT2D eigenvalue weighted by Crippen LogP contribution is -1.86. The van der Waals surface area contributed by atoms with Gasteiger partial charge in [-0.3, -0.25) is 4.99 Å². The number of benzene rings is 2. The number of ether oxygens (including phenoxy) is 1. The summed E-state index contributed by atoms with van der Waals surface area (Å²) in [5.41, 5.74) is 1.27. The highest BCUT2D eigenvalue weighted by molar-refractivity contribution is 6.02. The number of methoxy groups -OCH3 is 1. The maximum absolute atomic E-state index is 13.6. The molecule has 0 spiro atoms. The van der Waals surface area contributed by atoms with Crippen LogP contribution < -0.4 is 4.74 Å². The molecule has 4 nitrogen and oxygen atoms in total. The molecule has 0 unspecified atom stereocenters. The molecule has 0 saturated heterocycles. The van der Waals surface area contributed by atoms with Gasteiger partial charge in [0.25, 0.3) is 0 Å². The van der Waals surface area contributed by atoms with Crippen molar-refractivity contribution in [1.82, 2.24) is 4.98 Å². The van der Waals surface area contributed by atoms with Gasteiger partial charge in [0.05, 0.1) is 18.4 Å². The summed E-state index contributed by atoms with van der Waals surface area (Å²) in [4.78, 5) is 6.83. The summed E-state index contributed by atoms with van der Waals surface area (Å²) in [7, 11) is 1.37. The number of aromatic nitrogens is 1. The molecule has 3 aromatic rings. The summed E-state index contributed by atoms with van der Waals surface area (Å²) in [5, 5.41) is 10.4. The van der Waals surface area contributed by atoms with Crippen LogP contribution in [0.15, 0.2) is 41.4 Å². The van der Waals surface area contributed by atoms with Crippen molar-refractivity contribution < 1.29 is 18.6 Å². The van der Waals surface area contributed by atoms with Crippen molar-refractivity contribution in [3.63, 3.8) is 0 Å². The van der Waals surface area contributed by atoms with Crippen molar-refractivity contribution in [3.8, 4) is 11.6 Å². The van der Waals surface area contributed by atoms with Gasteiger partial charge in [0, 0.05) is 23.2 Å². The van der Waals surface area contributed by atoms with Gasteiger partial charge in [-0.25, -0.2) is 8.78 Å². The van der Waals surface area contributed by atoms with Crippen LogP contribution in [0.2, 0.25) is 0 Å². The highest BCUT2D eigenvalue weighted by Gasteiger charge is 2.10. The Bertz CT molecular complexity index is 872. The first-order valence-corrected chi connectivity index (χ1v) is 6.46. The lowest BCUT2D eigenvalue weighted by atomic mass is 10.2. The van der Waals surface area contributed by atoms with E-state index in [1.807, 2.05) is 0 Å². The highest BCUT2D eigenvalue weighted by Crippen LogP contribution is 2.28. The van der Waals surface area contributed by atoms with Crippen LogP contribution in [-0.2, 0) is 0 Å². The number of aliphatic imine (C=N–C) groups is 1. The van der Waals surface area contributed by atoms with Gasteiger partial charge in [0.1, 0.15) is 5.82 Å². The van der Waals surface area contributed by atoms with E-state index in [9.17, 15) is 13.9 Å². The molecule has 0 amide bonds. The number of nitrogens with one attached hydrogen (secondary N) is 1. The van der Waals surface area contributed by atoms with Crippen LogP contribution in [0.4, 0.5) is 14.5 Å². The molecule has 0 aliphatic rings. The molecule has 112 valence electrons. The Labute approximate surface area is 124 Å². The van der Waals surface area contributed by atoms with Gasteiger partial charge in [-0.1, -0.05) is 0 Å². The van der Waals surface area contributed by atoms with Gasteiger partial charge < -0.3 is 14.8 Å². The Morgan fingerprint density at radius 1 is 1.18 bits per heavy atom. The van der Waals surface area contributed by atoms with E-state index in [-0.39, 0.29) is 11.6 Å². The third kappa shape index (κ3) is 2.50. The predicted octanol–water partition coefficient (Wildman–Crippen LogP) is 3.91. The zero-order chi connectivity index (χ0) is 15.7. The molecule has 0 aliphatic heterocycles. The average molecular weight is 302 g/mol. The molecule has 0 radical (unpaired) electrons. The number of halogens is 2. The minimum absolute atomic E-state index is 0.121. The molecule has 22 heavy (non-hydrogen) atoms. The fourth-order valence-corrected chi connectivity index (χ4v) is 2.18. The number of aromatic amines is 1. The fourth-order valence-electron chi connectivity index (χ4n) is 2.18. The lowest BCUT2D eigenvalue weighted by molar-refractivity contribution is 0.386. The Hall–Kier alpha value is -2.89. The van der Waals surface area contributed by atoms with Gasteiger partial charge in [-0.2, -0.15) is 0 Å². The van der Waals surface area contributed by atoms with E-state index in [4.69, 9.17) is 4.74 Å². The molecule has 6 heteroatoms. The number of rotatable bonds is 3. The summed E-state index contributed by atoms with van der Waals surface area (Å²) in [5.74, 6) is -0.961. The van der Waals surface area contributed by atoms with E-state index >= 15 is 0 Å². The van der Waals surface area contributed by atoms with Crippen molar-refractivity contribution in [2.45, 2.75) is 0 Å². The van der Waals surface area contributed by atoms with E-state index in [1.165, 1.54) is 43.7 Å². The maximum atomic E-state index is 13.6.